The monoisotopic (exact) mass is 214 g/mol. The molecule has 0 bridgehead atoms. The van der Waals surface area contributed by atoms with Crippen LogP contribution >= 0.6 is 0 Å². The molecule has 0 aromatic carbocycles. The summed E-state index contributed by atoms with van der Waals surface area (Å²) in [6.07, 6.45) is 5.16. The smallest absolute Gasteiger partial charge is 0.0678 e. The normalized spacial score (nSPS) is 17.1. The van der Waals surface area contributed by atoms with E-state index in [0.717, 1.165) is 25.9 Å². The molecule has 0 aromatic heterocycles. The molecule has 0 aromatic rings. The van der Waals surface area contributed by atoms with E-state index in [1.165, 1.54) is 0 Å². The molecule has 0 fully saturated rings. The van der Waals surface area contributed by atoms with E-state index in [2.05, 4.69) is 34.3 Å². The molecule has 0 amide bonds. The third-order valence-corrected chi connectivity index (χ3v) is 2.91. The Bertz CT molecular complexity index is 168. The number of ether oxygens (including phenoxy) is 2. The van der Waals surface area contributed by atoms with Crippen molar-refractivity contribution in [2.24, 2.45) is 0 Å². The fraction of sp³-hybridized carbons (Fsp3) is 0.846. The van der Waals surface area contributed by atoms with Gasteiger partial charge in [0.1, 0.15) is 0 Å². The van der Waals surface area contributed by atoms with E-state index in [0.29, 0.717) is 12.7 Å². The third kappa shape index (κ3) is 6.69. The van der Waals surface area contributed by atoms with Crippen LogP contribution in [-0.4, -0.2) is 24.9 Å². The maximum Gasteiger partial charge on any atom is 0.0678 e. The third-order valence-electron chi connectivity index (χ3n) is 2.91. The molecule has 0 saturated heterocycles. The second-order valence-electron chi connectivity index (χ2n) is 4.24. The Morgan fingerprint density at radius 2 is 2.07 bits per heavy atom. The quantitative estimate of drug-likeness (QED) is 0.546. The molecule has 0 aliphatic heterocycles. The predicted molar refractivity (Wildman–Crippen MR) is 65.2 cm³/mol. The zero-order valence-electron chi connectivity index (χ0n) is 10.7. The molecule has 2 nitrogen and oxygen atoms in total. The minimum atomic E-state index is -0.0678. The Balaban J connectivity index is 3.81. The molecule has 0 aliphatic rings. The van der Waals surface area contributed by atoms with Crippen LogP contribution in [0.1, 0.15) is 47.0 Å². The summed E-state index contributed by atoms with van der Waals surface area (Å²) >= 11 is 0. The van der Waals surface area contributed by atoms with Gasteiger partial charge in [0.05, 0.1) is 18.3 Å². The van der Waals surface area contributed by atoms with Crippen LogP contribution in [0.3, 0.4) is 0 Å². The molecule has 0 saturated carbocycles. The molecule has 15 heavy (non-hydrogen) atoms. The van der Waals surface area contributed by atoms with Crippen LogP contribution in [0.25, 0.3) is 0 Å². The van der Waals surface area contributed by atoms with Gasteiger partial charge >= 0.3 is 0 Å². The van der Waals surface area contributed by atoms with Crippen LogP contribution < -0.4 is 0 Å². The van der Waals surface area contributed by atoms with Crippen molar-refractivity contribution < 1.29 is 9.47 Å². The molecular formula is C13H26O2. The van der Waals surface area contributed by atoms with Crippen molar-refractivity contribution in [3.63, 3.8) is 0 Å². The summed E-state index contributed by atoms with van der Waals surface area (Å²) in [4.78, 5) is 0. The molecular weight excluding hydrogens is 188 g/mol. The lowest BCUT2D eigenvalue weighted by atomic mass is 9.99. The molecule has 0 rings (SSSR count). The number of hydrogen-bond acceptors (Lipinski definition) is 2. The van der Waals surface area contributed by atoms with E-state index in [4.69, 9.17) is 9.47 Å². The Morgan fingerprint density at radius 1 is 1.40 bits per heavy atom. The molecule has 2 atom stereocenters. The number of rotatable bonds is 9. The van der Waals surface area contributed by atoms with Crippen LogP contribution in [0.15, 0.2) is 12.7 Å². The summed E-state index contributed by atoms with van der Waals surface area (Å²) in [7, 11) is 0. The highest BCUT2D eigenvalue weighted by Gasteiger charge is 2.22. The van der Waals surface area contributed by atoms with Crippen molar-refractivity contribution in [3.8, 4) is 0 Å². The molecule has 2 unspecified atom stereocenters. The van der Waals surface area contributed by atoms with Gasteiger partial charge in [0.15, 0.2) is 0 Å². The van der Waals surface area contributed by atoms with Gasteiger partial charge in [-0.15, -0.1) is 6.58 Å². The lowest BCUT2D eigenvalue weighted by Crippen LogP contribution is -2.30. The molecule has 0 heterocycles. The maximum atomic E-state index is 5.75. The van der Waals surface area contributed by atoms with Crippen LogP contribution in [-0.2, 0) is 9.47 Å². The number of hydrogen-bond donors (Lipinski definition) is 0. The van der Waals surface area contributed by atoms with E-state index < -0.39 is 0 Å². The fourth-order valence-corrected chi connectivity index (χ4v) is 1.20. The van der Waals surface area contributed by atoms with Crippen molar-refractivity contribution in [3.05, 3.63) is 12.7 Å². The SMILES string of the molecule is C=CCOC(C)(CC)CCOC(C)CC. The average molecular weight is 214 g/mol. The first-order valence-corrected chi connectivity index (χ1v) is 5.94. The molecule has 0 aliphatic carbocycles. The van der Waals surface area contributed by atoms with Crippen molar-refractivity contribution in [1.82, 2.24) is 0 Å². The summed E-state index contributed by atoms with van der Waals surface area (Å²) < 4.78 is 11.4. The van der Waals surface area contributed by atoms with Gasteiger partial charge in [-0.25, -0.2) is 0 Å². The molecule has 0 N–H and O–H groups in total. The lowest BCUT2D eigenvalue weighted by molar-refractivity contribution is -0.0521. The zero-order chi connectivity index (χ0) is 11.7. The van der Waals surface area contributed by atoms with Crippen molar-refractivity contribution >= 4 is 0 Å². The van der Waals surface area contributed by atoms with Crippen molar-refractivity contribution in [2.45, 2.75) is 58.7 Å². The van der Waals surface area contributed by atoms with Gasteiger partial charge in [0.2, 0.25) is 0 Å². The van der Waals surface area contributed by atoms with E-state index >= 15 is 0 Å². The second-order valence-corrected chi connectivity index (χ2v) is 4.24. The van der Waals surface area contributed by atoms with Gasteiger partial charge < -0.3 is 9.47 Å². The topological polar surface area (TPSA) is 18.5 Å². The largest absolute Gasteiger partial charge is 0.378 e. The molecule has 90 valence electrons. The van der Waals surface area contributed by atoms with E-state index in [1.54, 1.807) is 6.08 Å². The highest BCUT2D eigenvalue weighted by atomic mass is 16.5. The summed E-state index contributed by atoms with van der Waals surface area (Å²) in [6, 6.07) is 0. The van der Waals surface area contributed by atoms with Crippen LogP contribution in [0.5, 0.6) is 0 Å². The van der Waals surface area contributed by atoms with Gasteiger partial charge in [0, 0.05) is 6.61 Å². The van der Waals surface area contributed by atoms with Crippen LogP contribution in [0.2, 0.25) is 0 Å². The average Bonchev–Trinajstić information content (AvgIpc) is 2.26. The first kappa shape index (κ1) is 14.7. The Hall–Kier alpha value is -0.340. The highest BCUT2D eigenvalue weighted by molar-refractivity contribution is 4.76. The highest BCUT2D eigenvalue weighted by Crippen LogP contribution is 2.20. The van der Waals surface area contributed by atoms with Gasteiger partial charge in [0.25, 0.3) is 0 Å². The van der Waals surface area contributed by atoms with E-state index in [-0.39, 0.29) is 5.60 Å². The molecule has 0 radical (unpaired) electrons. The van der Waals surface area contributed by atoms with Crippen molar-refractivity contribution in [2.75, 3.05) is 13.2 Å². The van der Waals surface area contributed by atoms with Gasteiger partial charge in [-0.1, -0.05) is 19.9 Å². The predicted octanol–water partition coefficient (Wildman–Crippen LogP) is 3.56. The molecule has 2 heteroatoms. The minimum absolute atomic E-state index is 0.0678. The van der Waals surface area contributed by atoms with E-state index in [9.17, 15) is 0 Å². The van der Waals surface area contributed by atoms with E-state index in [1.807, 2.05) is 0 Å². The summed E-state index contributed by atoms with van der Waals surface area (Å²) in [6.45, 7) is 13.6. The van der Waals surface area contributed by atoms with Crippen LogP contribution in [0.4, 0.5) is 0 Å². The summed E-state index contributed by atoms with van der Waals surface area (Å²) in [5.74, 6) is 0. The van der Waals surface area contributed by atoms with Crippen molar-refractivity contribution in [1.29, 1.82) is 0 Å². The first-order chi connectivity index (χ1) is 7.08. The Kier molecular flexibility index (Phi) is 7.71. The fourth-order valence-electron chi connectivity index (χ4n) is 1.20. The zero-order valence-corrected chi connectivity index (χ0v) is 10.7. The van der Waals surface area contributed by atoms with Crippen LogP contribution in [0, 0.1) is 0 Å². The summed E-state index contributed by atoms with van der Waals surface area (Å²) in [5, 5.41) is 0. The lowest BCUT2D eigenvalue weighted by Gasteiger charge is -2.28. The second kappa shape index (κ2) is 7.89. The maximum absolute atomic E-state index is 5.75. The Labute approximate surface area is 94.7 Å². The molecule has 0 spiro atoms. The van der Waals surface area contributed by atoms with Gasteiger partial charge in [-0.05, 0) is 33.1 Å². The van der Waals surface area contributed by atoms with Gasteiger partial charge in [-0.2, -0.15) is 0 Å². The standard InChI is InChI=1S/C13H26O2/c1-6-10-15-13(5,8-3)9-11-14-12(4)7-2/h6,12H,1,7-11H2,2-5H3. The first-order valence-electron chi connectivity index (χ1n) is 5.94. The van der Waals surface area contributed by atoms with Gasteiger partial charge in [-0.3, -0.25) is 0 Å². The minimum Gasteiger partial charge on any atom is -0.378 e. The Morgan fingerprint density at radius 3 is 2.53 bits per heavy atom. The summed E-state index contributed by atoms with van der Waals surface area (Å²) in [5.41, 5.74) is -0.0678.